The molecule has 0 aliphatic rings. The van der Waals surface area contributed by atoms with E-state index in [-0.39, 0.29) is 12.0 Å². The first-order valence-corrected chi connectivity index (χ1v) is 7.10. The van der Waals surface area contributed by atoms with Gasteiger partial charge in [0.1, 0.15) is 0 Å². The van der Waals surface area contributed by atoms with Crippen molar-refractivity contribution in [2.75, 3.05) is 12.4 Å². The lowest BCUT2D eigenvalue weighted by Crippen LogP contribution is -2.08. The number of hydrogen-bond acceptors (Lipinski definition) is 3. The van der Waals surface area contributed by atoms with E-state index in [1.54, 1.807) is 18.2 Å². The van der Waals surface area contributed by atoms with Gasteiger partial charge >= 0.3 is 5.97 Å². The molecule has 0 fully saturated rings. The highest BCUT2D eigenvalue weighted by molar-refractivity contribution is 6.33. The first-order valence-electron chi connectivity index (χ1n) is 6.72. The van der Waals surface area contributed by atoms with Crippen molar-refractivity contribution in [1.29, 1.82) is 0 Å². The second kappa shape index (κ2) is 6.64. The molecule has 2 aromatic rings. The predicted molar refractivity (Wildman–Crippen MR) is 86.0 cm³/mol. The summed E-state index contributed by atoms with van der Waals surface area (Å²) in [4.78, 5) is 11.6. The first-order chi connectivity index (χ1) is 10.0. The van der Waals surface area contributed by atoms with Gasteiger partial charge in [0, 0.05) is 6.04 Å². The molecule has 0 radical (unpaired) electrons. The normalized spacial score (nSPS) is 11.8. The minimum atomic E-state index is -0.377. The molecule has 0 saturated heterocycles. The van der Waals surface area contributed by atoms with Crippen molar-refractivity contribution in [3.05, 3.63) is 64.2 Å². The molecule has 1 unspecified atom stereocenters. The van der Waals surface area contributed by atoms with Gasteiger partial charge in [-0.05, 0) is 37.6 Å². The van der Waals surface area contributed by atoms with Crippen molar-refractivity contribution in [3.8, 4) is 0 Å². The molecule has 4 heteroatoms. The predicted octanol–water partition coefficient (Wildman–Crippen LogP) is 4.61. The Morgan fingerprint density at radius 3 is 2.48 bits per heavy atom. The molecular weight excluding hydrogens is 286 g/mol. The van der Waals surface area contributed by atoms with E-state index in [1.165, 1.54) is 12.7 Å². The van der Waals surface area contributed by atoms with Gasteiger partial charge in [-0.2, -0.15) is 0 Å². The maximum absolute atomic E-state index is 11.6. The second-order valence-electron chi connectivity index (χ2n) is 4.96. The number of carbonyl (C=O) groups excluding carboxylic acids is 1. The molecule has 0 aliphatic carbocycles. The molecule has 2 aromatic carbocycles. The molecule has 1 N–H and O–H groups in total. The number of benzene rings is 2. The zero-order chi connectivity index (χ0) is 15.4. The van der Waals surface area contributed by atoms with Crippen molar-refractivity contribution < 1.29 is 9.53 Å². The summed E-state index contributed by atoms with van der Waals surface area (Å²) in [6.45, 7) is 4.10. The third kappa shape index (κ3) is 3.76. The fourth-order valence-electron chi connectivity index (χ4n) is 2.05. The largest absolute Gasteiger partial charge is 0.465 e. The molecule has 0 aliphatic heterocycles. The van der Waals surface area contributed by atoms with E-state index < -0.39 is 0 Å². The minimum absolute atomic E-state index is 0.0796. The van der Waals surface area contributed by atoms with Gasteiger partial charge in [-0.25, -0.2) is 4.79 Å². The van der Waals surface area contributed by atoms with Crippen LogP contribution in [-0.4, -0.2) is 13.1 Å². The highest BCUT2D eigenvalue weighted by Crippen LogP contribution is 2.27. The molecule has 0 saturated carbocycles. The highest BCUT2D eigenvalue weighted by atomic mass is 35.5. The zero-order valence-electron chi connectivity index (χ0n) is 12.3. The van der Waals surface area contributed by atoms with Crippen molar-refractivity contribution in [2.45, 2.75) is 19.9 Å². The number of nitrogens with one attached hydrogen (secondary N) is 1. The molecule has 2 rings (SSSR count). The van der Waals surface area contributed by atoms with E-state index in [0.29, 0.717) is 16.3 Å². The Labute approximate surface area is 129 Å². The van der Waals surface area contributed by atoms with Crippen molar-refractivity contribution in [3.63, 3.8) is 0 Å². The van der Waals surface area contributed by atoms with Crippen LogP contribution in [0.3, 0.4) is 0 Å². The third-order valence-electron chi connectivity index (χ3n) is 3.34. The van der Waals surface area contributed by atoms with E-state index in [9.17, 15) is 4.79 Å². The van der Waals surface area contributed by atoms with Crippen molar-refractivity contribution >= 4 is 23.3 Å². The van der Waals surface area contributed by atoms with Gasteiger partial charge in [0.15, 0.2) is 0 Å². The van der Waals surface area contributed by atoms with Gasteiger partial charge < -0.3 is 10.1 Å². The lowest BCUT2D eigenvalue weighted by molar-refractivity contribution is 0.0601. The molecule has 0 heterocycles. The molecule has 21 heavy (non-hydrogen) atoms. The average Bonchev–Trinajstić information content (AvgIpc) is 2.49. The summed E-state index contributed by atoms with van der Waals surface area (Å²) in [5.41, 5.74) is 3.56. The van der Waals surface area contributed by atoms with Crippen LogP contribution in [0.15, 0.2) is 42.5 Å². The van der Waals surface area contributed by atoms with Crippen molar-refractivity contribution in [2.24, 2.45) is 0 Å². The molecule has 1 atom stereocenters. The SMILES string of the molecule is COC(=O)c1ccc(Cl)c(NC(C)c2ccc(C)cc2)c1. The molecule has 0 spiro atoms. The fraction of sp³-hybridized carbons (Fsp3) is 0.235. The van der Waals surface area contributed by atoms with E-state index in [4.69, 9.17) is 16.3 Å². The molecule has 3 nitrogen and oxygen atoms in total. The number of carbonyl (C=O) groups is 1. The summed E-state index contributed by atoms with van der Waals surface area (Å²) >= 11 is 6.19. The molecule has 0 aromatic heterocycles. The highest BCUT2D eigenvalue weighted by Gasteiger charge is 2.11. The Kier molecular flexibility index (Phi) is 4.86. The van der Waals surface area contributed by atoms with Gasteiger partial charge in [0.05, 0.1) is 23.4 Å². The van der Waals surface area contributed by atoms with Crippen LogP contribution in [0.5, 0.6) is 0 Å². The quantitative estimate of drug-likeness (QED) is 0.838. The van der Waals surface area contributed by atoms with E-state index in [2.05, 4.69) is 36.5 Å². The van der Waals surface area contributed by atoms with E-state index >= 15 is 0 Å². The molecule has 0 bridgehead atoms. The maximum Gasteiger partial charge on any atom is 0.337 e. The van der Waals surface area contributed by atoms with Gasteiger partial charge in [0.2, 0.25) is 0 Å². The summed E-state index contributed by atoms with van der Waals surface area (Å²) in [7, 11) is 1.36. The lowest BCUT2D eigenvalue weighted by Gasteiger charge is -2.17. The van der Waals surface area contributed by atoms with Gasteiger partial charge in [-0.15, -0.1) is 0 Å². The van der Waals surface area contributed by atoms with Gasteiger partial charge in [-0.3, -0.25) is 0 Å². The number of anilines is 1. The van der Waals surface area contributed by atoms with Crippen LogP contribution in [0.2, 0.25) is 5.02 Å². The number of hydrogen-bond donors (Lipinski definition) is 1. The summed E-state index contributed by atoms with van der Waals surface area (Å²) < 4.78 is 4.72. The topological polar surface area (TPSA) is 38.3 Å². The van der Waals surface area contributed by atoms with Gasteiger partial charge in [-0.1, -0.05) is 41.4 Å². The molecule has 110 valence electrons. The monoisotopic (exact) mass is 303 g/mol. The van der Waals surface area contributed by atoms with E-state index in [1.807, 2.05) is 6.92 Å². The summed E-state index contributed by atoms with van der Waals surface area (Å²) in [5, 5.41) is 3.90. The third-order valence-corrected chi connectivity index (χ3v) is 3.67. The summed E-state index contributed by atoms with van der Waals surface area (Å²) in [6, 6.07) is 13.4. The Morgan fingerprint density at radius 2 is 1.86 bits per heavy atom. The van der Waals surface area contributed by atoms with Crippen LogP contribution >= 0.6 is 11.6 Å². The fourth-order valence-corrected chi connectivity index (χ4v) is 2.22. The van der Waals surface area contributed by atoms with Gasteiger partial charge in [0.25, 0.3) is 0 Å². The van der Waals surface area contributed by atoms with Crippen LogP contribution < -0.4 is 5.32 Å². The maximum atomic E-state index is 11.6. The number of halogens is 1. The number of ether oxygens (including phenoxy) is 1. The number of esters is 1. The van der Waals surface area contributed by atoms with Crippen molar-refractivity contribution in [1.82, 2.24) is 0 Å². The average molecular weight is 304 g/mol. The molecular formula is C17H18ClNO2. The van der Waals surface area contributed by atoms with Crippen LogP contribution in [0.25, 0.3) is 0 Å². The number of rotatable bonds is 4. The Hall–Kier alpha value is -2.00. The molecule has 0 amide bonds. The second-order valence-corrected chi connectivity index (χ2v) is 5.37. The number of methoxy groups -OCH3 is 1. The Bertz CT molecular complexity index is 638. The van der Waals surface area contributed by atoms with Crippen LogP contribution in [0.4, 0.5) is 5.69 Å². The lowest BCUT2D eigenvalue weighted by atomic mass is 10.1. The summed E-state index contributed by atoms with van der Waals surface area (Å²) in [5.74, 6) is -0.377. The van der Waals surface area contributed by atoms with Crippen LogP contribution in [0.1, 0.15) is 34.5 Å². The minimum Gasteiger partial charge on any atom is -0.465 e. The first kappa shape index (κ1) is 15.4. The summed E-state index contributed by atoms with van der Waals surface area (Å²) in [6.07, 6.45) is 0. The Balaban J connectivity index is 2.22. The van der Waals surface area contributed by atoms with Crippen LogP contribution in [0, 0.1) is 6.92 Å². The Morgan fingerprint density at radius 1 is 1.19 bits per heavy atom. The van der Waals surface area contributed by atoms with Crippen LogP contribution in [-0.2, 0) is 4.74 Å². The zero-order valence-corrected chi connectivity index (χ0v) is 13.1. The standard InChI is InChI=1S/C17H18ClNO2/c1-11-4-6-13(7-5-11)12(2)19-16-10-14(17(20)21-3)8-9-15(16)18/h4-10,12,19H,1-3H3. The smallest absolute Gasteiger partial charge is 0.337 e. The van der Waals surface area contributed by atoms with E-state index in [0.717, 1.165) is 5.56 Å². The number of aryl methyl sites for hydroxylation is 1.